The molecule has 0 unspecified atom stereocenters. The maximum atomic E-state index is 11.8. The smallest absolute Gasteiger partial charge is 0.408 e. The number of carboxylic acid groups (broad SMARTS) is 1. The highest BCUT2D eigenvalue weighted by atomic mass is 16.5. The Balaban J connectivity index is 2.50. The van der Waals surface area contributed by atoms with Gasteiger partial charge >= 0.3 is 12.1 Å². The molecule has 6 nitrogen and oxygen atoms in total. The van der Waals surface area contributed by atoms with Gasteiger partial charge in [0.15, 0.2) is 0 Å². The van der Waals surface area contributed by atoms with Gasteiger partial charge in [-0.1, -0.05) is 44.2 Å². The molecule has 0 aromatic heterocycles. The summed E-state index contributed by atoms with van der Waals surface area (Å²) in [5.74, 6) is -1.06. The first-order valence-corrected chi connectivity index (χ1v) is 7.99. The van der Waals surface area contributed by atoms with Crippen LogP contribution in [0.4, 0.5) is 4.79 Å². The molecular formula is C17H26N2O4. The molecule has 6 heteroatoms. The summed E-state index contributed by atoms with van der Waals surface area (Å²) < 4.78 is 5.08. The topological polar surface area (TPSA) is 78.9 Å². The average Bonchev–Trinajstić information content (AvgIpc) is 2.53. The van der Waals surface area contributed by atoms with Crippen LogP contribution in [0.15, 0.2) is 30.3 Å². The fourth-order valence-electron chi connectivity index (χ4n) is 2.28. The van der Waals surface area contributed by atoms with Crippen molar-refractivity contribution >= 4 is 12.1 Å². The van der Waals surface area contributed by atoms with E-state index in [1.807, 2.05) is 49.1 Å². The second-order valence-corrected chi connectivity index (χ2v) is 5.40. The van der Waals surface area contributed by atoms with Crippen molar-refractivity contribution < 1.29 is 19.4 Å². The van der Waals surface area contributed by atoms with Crippen molar-refractivity contribution in [2.75, 3.05) is 19.6 Å². The van der Waals surface area contributed by atoms with Crippen LogP contribution >= 0.6 is 0 Å². The lowest BCUT2D eigenvalue weighted by Crippen LogP contribution is -2.49. The number of hydrogen-bond acceptors (Lipinski definition) is 4. The van der Waals surface area contributed by atoms with E-state index in [9.17, 15) is 14.7 Å². The molecule has 23 heavy (non-hydrogen) atoms. The molecule has 0 aliphatic heterocycles. The first kappa shape index (κ1) is 19.0. The average molecular weight is 322 g/mol. The van der Waals surface area contributed by atoms with Gasteiger partial charge in [0.2, 0.25) is 0 Å². The molecule has 1 amide bonds. The van der Waals surface area contributed by atoms with Crippen molar-refractivity contribution in [2.45, 2.75) is 39.3 Å². The molecule has 0 spiro atoms. The maximum absolute atomic E-state index is 11.8. The fraction of sp³-hybridized carbons (Fsp3) is 0.529. The molecular weight excluding hydrogens is 296 g/mol. The normalized spacial score (nSPS) is 12.0. The standard InChI is InChI=1S/C17H26N2O4/c1-3-10-19(11-4-2)12-15(16(20)21)18-17(22)23-13-14-8-6-5-7-9-14/h5-9,15H,3-4,10-13H2,1-2H3,(H,18,22)(H,20,21)/t15-/m0/s1. The van der Waals surface area contributed by atoms with Crippen LogP contribution in [0.1, 0.15) is 32.3 Å². The van der Waals surface area contributed by atoms with Gasteiger partial charge in [-0.3, -0.25) is 0 Å². The van der Waals surface area contributed by atoms with Gasteiger partial charge < -0.3 is 20.1 Å². The predicted octanol–water partition coefficient (Wildman–Crippen LogP) is 2.49. The summed E-state index contributed by atoms with van der Waals surface area (Å²) in [5.41, 5.74) is 0.855. The highest BCUT2D eigenvalue weighted by Crippen LogP contribution is 2.02. The van der Waals surface area contributed by atoms with Crippen molar-refractivity contribution in [1.82, 2.24) is 10.2 Å². The van der Waals surface area contributed by atoms with Crippen LogP contribution in [-0.2, 0) is 16.1 Å². The van der Waals surface area contributed by atoms with Crippen LogP contribution in [0.5, 0.6) is 0 Å². The van der Waals surface area contributed by atoms with E-state index >= 15 is 0 Å². The van der Waals surface area contributed by atoms with Crippen LogP contribution in [0.25, 0.3) is 0 Å². The van der Waals surface area contributed by atoms with Crippen LogP contribution in [0.3, 0.4) is 0 Å². The lowest BCUT2D eigenvalue weighted by Gasteiger charge is -2.25. The Labute approximate surface area is 137 Å². The SMILES string of the molecule is CCCN(CCC)C[C@H](NC(=O)OCc1ccccc1)C(=O)O. The third-order valence-electron chi connectivity index (χ3n) is 3.32. The summed E-state index contributed by atoms with van der Waals surface area (Å²) in [6, 6.07) is 8.28. The van der Waals surface area contributed by atoms with Gasteiger partial charge in [-0.05, 0) is 31.5 Å². The van der Waals surface area contributed by atoms with E-state index in [4.69, 9.17) is 4.74 Å². The molecule has 0 saturated heterocycles. The van der Waals surface area contributed by atoms with Gasteiger partial charge in [-0.15, -0.1) is 0 Å². The lowest BCUT2D eigenvalue weighted by molar-refractivity contribution is -0.139. The summed E-state index contributed by atoms with van der Waals surface area (Å²) >= 11 is 0. The van der Waals surface area contributed by atoms with Crippen molar-refractivity contribution in [3.8, 4) is 0 Å². The zero-order valence-electron chi connectivity index (χ0n) is 13.8. The van der Waals surface area contributed by atoms with E-state index < -0.39 is 18.1 Å². The number of aliphatic carboxylic acids is 1. The molecule has 128 valence electrons. The maximum Gasteiger partial charge on any atom is 0.408 e. The minimum Gasteiger partial charge on any atom is -0.480 e. The van der Waals surface area contributed by atoms with E-state index in [-0.39, 0.29) is 13.2 Å². The fourth-order valence-corrected chi connectivity index (χ4v) is 2.28. The van der Waals surface area contributed by atoms with E-state index in [0.717, 1.165) is 31.5 Å². The summed E-state index contributed by atoms with van der Waals surface area (Å²) in [6.07, 6.45) is 1.16. The highest BCUT2D eigenvalue weighted by molar-refractivity contribution is 5.80. The monoisotopic (exact) mass is 322 g/mol. The molecule has 0 aliphatic rings. The number of ether oxygens (including phenoxy) is 1. The van der Waals surface area contributed by atoms with E-state index in [1.165, 1.54) is 0 Å². The third kappa shape index (κ3) is 7.65. The molecule has 0 heterocycles. The van der Waals surface area contributed by atoms with E-state index in [1.54, 1.807) is 0 Å². The van der Waals surface area contributed by atoms with Crippen molar-refractivity contribution in [1.29, 1.82) is 0 Å². The summed E-state index contributed by atoms with van der Waals surface area (Å²) in [7, 11) is 0. The molecule has 1 aromatic rings. The zero-order chi connectivity index (χ0) is 17.1. The first-order valence-electron chi connectivity index (χ1n) is 7.99. The number of hydrogen-bond donors (Lipinski definition) is 2. The number of alkyl carbamates (subject to hydrolysis) is 1. The second-order valence-electron chi connectivity index (χ2n) is 5.40. The number of nitrogens with zero attached hydrogens (tertiary/aromatic N) is 1. The largest absolute Gasteiger partial charge is 0.480 e. The Kier molecular flexibility index (Phi) is 8.75. The minimum atomic E-state index is -1.06. The quantitative estimate of drug-likeness (QED) is 0.692. The molecule has 0 bridgehead atoms. The Bertz CT molecular complexity index is 473. The molecule has 1 aromatic carbocycles. The van der Waals surface area contributed by atoms with Gasteiger partial charge in [0.05, 0.1) is 0 Å². The molecule has 0 aliphatic carbocycles. The Morgan fingerprint density at radius 2 is 1.78 bits per heavy atom. The second kappa shape index (κ2) is 10.6. The Morgan fingerprint density at radius 3 is 2.30 bits per heavy atom. The molecule has 1 rings (SSSR count). The van der Waals surface area contributed by atoms with E-state index in [0.29, 0.717) is 0 Å². The van der Waals surface area contributed by atoms with Crippen molar-refractivity contribution in [3.05, 3.63) is 35.9 Å². The summed E-state index contributed by atoms with van der Waals surface area (Å²) in [4.78, 5) is 25.2. The molecule has 0 fully saturated rings. The molecule has 0 radical (unpaired) electrons. The lowest BCUT2D eigenvalue weighted by atomic mass is 10.2. The number of rotatable bonds is 10. The highest BCUT2D eigenvalue weighted by Gasteiger charge is 2.23. The molecule has 0 saturated carbocycles. The van der Waals surface area contributed by atoms with Crippen LogP contribution < -0.4 is 5.32 Å². The number of carbonyl (C=O) groups is 2. The Hall–Kier alpha value is -2.08. The number of amides is 1. The zero-order valence-corrected chi connectivity index (χ0v) is 13.8. The van der Waals surface area contributed by atoms with Gasteiger partial charge in [-0.25, -0.2) is 9.59 Å². The molecule has 2 N–H and O–H groups in total. The predicted molar refractivity (Wildman–Crippen MR) is 88.2 cm³/mol. The van der Waals surface area contributed by atoms with Gasteiger partial charge in [-0.2, -0.15) is 0 Å². The third-order valence-corrected chi connectivity index (χ3v) is 3.32. The minimum absolute atomic E-state index is 0.118. The summed E-state index contributed by atoms with van der Waals surface area (Å²) in [5, 5.41) is 11.7. The van der Waals surface area contributed by atoms with Crippen molar-refractivity contribution in [2.24, 2.45) is 0 Å². The number of nitrogens with one attached hydrogen (secondary N) is 1. The first-order chi connectivity index (χ1) is 11.1. The van der Waals surface area contributed by atoms with Gasteiger partial charge in [0, 0.05) is 6.54 Å². The summed E-state index contributed by atoms with van der Waals surface area (Å²) in [6.45, 7) is 6.08. The molecule has 1 atom stereocenters. The number of carboxylic acids is 1. The van der Waals surface area contributed by atoms with Crippen LogP contribution in [0.2, 0.25) is 0 Å². The van der Waals surface area contributed by atoms with Crippen LogP contribution in [0, 0.1) is 0 Å². The number of benzene rings is 1. The van der Waals surface area contributed by atoms with Crippen LogP contribution in [-0.4, -0.2) is 47.7 Å². The van der Waals surface area contributed by atoms with Gasteiger partial charge in [0.25, 0.3) is 0 Å². The number of carbonyl (C=O) groups excluding carboxylic acids is 1. The van der Waals surface area contributed by atoms with E-state index in [2.05, 4.69) is 5.32 Å². The van der Waals surface area contributed by atoms with Crippen molar-refractivity contribution in [3.63, 3.8) is 0 Å². The van der Waals surface area contributed by atoms with Gasteiger partial charge in [0.1, 0.15) is 12.6 Å². The Morgan fingerprint density at radius 1 is 1.17 bits per heavy atom.